The molecule has 26 heavy (non-hydrogen) atoms. The van der Waals surface area contributed by atoms with Gasteiger partial charge in [-0.3, -0.25) is 5.32 Å². The van der Waals surface area contributed by atoms with Crippen LogP contribution >= 0.6 is 0 Å². The van der Waals surface area contributed by atoms with Crippen LogP contribution in [0.5, 0.6) is 5.75 Å². The van der Waals surface area contributed by atoms with E-state index in [1.165, 1.54) is 16.8 Å². The van der Waals surface area contributed by atoms with Crippen LogP contribution in [-0.4, -0.2) is 20.3 Å². The summed E-state index contributed by atoms with van der Waals surface area (Å²) in [6, 6.07) is 14.8. The molecule has 3 heteroatoms. The third-order valence-electron chi connectivity index (χ3n) is 4.53. The van der Waals surface area contributed by atoms with Crippen LogP contribution in [0.1, 0.15) is 37.5 Å². The molecule has 0 atom stereocenters. The second kappa shape index (κ2) is 7.79. The lowest BCUT2D eigenvalue weighted by Crippen LogP contribution is -2.34. The molecule has 1 heterocycles. The third kappa shape index (κ3) is 4.17. The van der Waals surface area contributed by atoms with Crippen molar-refractivity contribution in [3.05, 3.63) is 71.4 Å². The van der Waals surface area contributed by atoms with Gasteiger partial charge < -0.3 is 9.64 Å². The van der Waals surface area contributed by atoms with Gasteiger partial charge in [0.25, 0.3) is 0 Å². The summed E-state index contributed by atoms with van der Waals surface area (Å²) < 4.78 is 5.83. The van der Waals surface area contributed by atoms with E-state index in [9.17, 15) is 0 Å². The van der Waals surface area contributed by atoms with Crippen molar-refractivity contribution >= 4 is 17.8 Å². The second-order valence-electron chi connectivity index (χ2n) is 7.58. The van der Waals surface area contributed by atoms with Gasteiger partial charge in [-0.05, 0) is 23.1 Å². The first kappa shape index (κ1) is 18.3. The molecule has 0 unspecified atom stereocenters. The quantitative estimate of drug-likeness (QED) is 0.783. The number of anilines is 1. The summed E-state index contributed by atoms with van der Waals surface area (Å²) in [5, 5.41) is 3.39. The first-order chi connectivity index (χ1) is 12.5. The smallest absolute Gasteiger partial charge is 0.129 e. The molecule has 0 saturated carbocycles. The van der Waals surface area contributed by atoms with Gasteiger partial charge in [0.2, 0.25) is 0 Å². The lowest BCUT2D eigenvalue weighted by atomic mass is 9.84. The van der Waals surface area contributed by atoms with Gasteiger partial charge in [-0.1, -0.05) is 69.3 Å². The molecule has 0 spiro atoms. The molecule has 2 aromatic carbocycles. The Balaban J connectivity index is 2.09. The number of nitrogens with zero attached hydrogens (tertiary/aromatic N) is 1. The molecule has 0 saturated heterocycles. The molecule has 2 aromatic rings. The molecule has 0 radical (unpaired) electrons. The highest BCUT2D eigenvalue weighted by atomic mass is 16.5. The first-order valence-corrected chi connectivity index (χ1v) is 9.09. The molecule has 0 aromatic heterocycles. The van der Waals surface area contributed by atoms with E-state index in [1.807, 2.05) is 6.07 Å². The minimum Gasteiger partial charge on any atom is -0.496 e. The number of methoxy groups -OCH3 is 1. The molecule has 136 valence electrons. The molecular formula is C23H28N2O. The normalized spacial score (nSPS) is 14.8. The Hall–Kier alpha value is -2.52. The first-order valence-electron chi connectivity index (χ1n) is 9.09. The van der Waals surface area contributed by atoms with Crippen LogP contribution in [0.15, 0.2) is 54.7 Å². The van der Waals surface area contributed by atoms with Crippen LogP contribution in [0, 0.1) is 0 Å². The number of nitrogens with one attached hydrogen (secondary N) is 1. The molecule has 0 fully saturated rings. The highest BCUT2D eigenvalue weighted by Crippen LogP contribution is 2.38. The van der Waals surface area contributed by atoms with Crippen LogP contribution in [-0.2, 0) is 5.41 Å². The number of hydrogen-bond acceptors (Lipinski definition) is 3. The minimum absolute atomic E-state index is 0.0103. The third-order valence-corrected chi connectivity index (χ3v) is 4.53. The van der Waals surface area contributed by atoms with E-state index in [4.69, 9.17) is 4.74 Å². The van der Waals surface area contributed by atoms with Crippen molar-refractivity contribution in [2.24, 2.45) is 0 Å². The van der Waals surface area contributed by atoms with Crippen LogP contribution in [0.2, 0.25) is 0 Å². The van der Waals surface area contributed by atoms with Crippen molar-refractivity contribution in [3.8, 4) is 5.75 Å². The summed E-state index contributed by atoms with van der Waals surface area (Å²) in [4.78, 5) is 2.23. The Morgan fingerprint density at radius 2 is 1.85 bits per heavy atom. The van der Waals surface area contributed by atoms with Crippen molar-refractivity contribution in [2.45, 2.75) is 26.2 Å². The van der Waals surface area contributed by atoms with E-state index in [2.05, 4.69) is 91.8 Å². The molecule has 1 N–H and O–H groups in total. The predicted octanol–water partition coefficient (Wildman–Crippen LogP) is 5.04. The Morgan fingerprint density at radius 3 is 2.46 bits per heavy atom. The number of benzene rings is 2. The van der Waals surface area contributed by atoms with Gasteiger partial charge in [0, 0.05) is 29.6 Å². The van der Waals surface area contributed by atoms with E-state index in [0.717, 1.165) is 24.5 Å². The van der Waals surface area contributed by atoms with Crippen LogP contribution in [0.4, 0.5) is 5.69 Å². The average Bonchev–Trinajstić information content (AvgIpc) is 2.66. The zero-order valence-corrected chi connectivity index (χ0v) is 16.1. The Kier molecular flexibility index (Phi) is 5.48. The molecule has 0 bridgehead atoms. The van der Waals surface area contributed by atoms with Gasteiger partial charge >= 0.3 is 0 Å². The van der Waals surface area contributed by atoms with E-state index in [1.54, 1.807) is 7.11 Å². The van der Waals surface area contributed by atoms with Gasteiger partial charge in [0.15, 0.2) is 0 Å². The van der Waals surface area contributed by atoms with Crippen molar-refractivity contribution in [1.29, 1.82) is 0 Å². The van der Waals surface area contributed by atoms with Crippen LogP contribution < -0.4 is 15.0 Å². The molecule has 3 nitrogen and oxygen atoms in total. The maximum atomic E-state index is 5.83. The number of ether oxygens (including phenoxy) is 1. The lowest BCUT2D eigenvalue weighted by molar-refractivity contribution is 0.396. The molecule has 3 rings (SSSR count). The van der Waals surface area contributed by atoms with Gasteiger partial charge in [0.05, 0.1) is 13.8 Å². The van der Waals surface area contributed by atoms with Crippen molar-refractivity contribution < 1.29 is 4.74 Å². The maximum Gasteiger partial charge on any atom is 0.129 e. The van der Waals surface area contributed by atoms with Crippen molar-refractivity contribution in [2.75, 3.05) is 25.2 Å². The van der Waals surface area contributed by atoms with Crippen molar-refractivity contribution in [3.63, 3.8) is 0 Å². The van der Waals surface area contributed by atoms with E-state index < -0.39 is 0 Å². The summed E-state index contributed by atoms with van der Waals surface area (Å²) in [6.45, 7) is 8.41. The fourth-order valence-electron chi connectivity index (χ4n) is 3.14. The SMILES string of the molecule is COc1c(/C=C/c2ccccc2)cc(N2C=CCNC2)cc1C(C)(C)C. The predicted molar refractivity (Wildman–Crippen MR) is 112 cm³/mol. The highest BCUT2D eigenvalue weighted by molar-refractivity contribution is 5.77. The van der Waals surface area contributed by atoms with Crippen LogP contribution in [0.3, 0.4) is 0 Å². The van der Waals surface area contributed by atoms with Crippen molar-refractivity contribution in [1.82, 2.24) is 5.32 Å². The van der Waals surface area contributed by atoms with E-state index in [-0.39, 0.29) is 5.41 Å². The lowest BCUT2D eigenvalue weighted by Gasteiger charge is -2.29. The van der Waals surface area contributed by atoms with Gasteiger partial charge in [0.1, 0.15) is 5.75 Å². The largest absolute Gasteiger partial charge is 0.496 e. The zero-order chi connectivity index (χ0) is 18.6. The zero-order valence-electron chi connectivity index (χ0n) is 16.1. The standard InChI is InChI=1S/C23H28N2O/c1-23(2,3)21-16-20(25-14-8-13-24-17-25)15-19(22(21)26-4)12-11-18-9-6-5-7-10-18/h5-12,14-16,24H,13,17H2,1-4H3/b12-11+. The molecule has 0 aliphatic carbocycles. The maximum absolute atomic E-state index is 5.83. The molecular weight excluding hydrogens is 320 g/mol. The van der Waals surface area contributed by atoms with E-state index >= 15 is 0 Å². The second-order valence-corrected chi connectivity index (χ2v) is 7.58. The van der Waals surface area contributed by atoms with Gasteiger partial charge in [-0.25, -0.2) is 0 Å². The summed E-state index contributed by atoms with van der Waals surface area (Å²) in [7, 11) is 1.76. The molecule has 0 amide bonds. The van der Waals surface area contributed by atoms with Gasteiger partial charge in [-0.2, -0.15) is 0 Å². The Labute approximate surface area is 157 Å². The number of rotatable bonds is 4. The summed E-state index contributed by atoms with van der Waals surface area (Å²) in [5.74, 6) is 0.947. The summed E-state index contributed by atoms with van der Waals surface area (Å²) in [5.41, 5.74) is 4.65. The molecule has 1 aliphatic rings. The average molecular weight is 348 g/mol. The fourth-order valence-corrected chi connectivity index (χ4v) is 3.14. The summed E-state index contributed by atoms with van der Waals surface area (Å²) in [6.07, 6.45) is 8.58. The minimum atomic E-state index is -0.0103. The number of hydrogen-bond donors (Lipinski definition) is 1. The Bertz CT molecular complexity index is 801. The van der Waals surface area contributed by atoms with Gasteiger partial charge in [-0.15, -0.1) is 0 Å². The summed E-state index contributed by atoms with van der Waals surface area (Å²) >= 11 is 0. The monoisotopic (exact) mass is 348 g/mol. The van der Waals surface area contributed by atoms with E-state index in [0.29, 0.717) is 0 Å². The Morgan fingerprint density at radius 1 is 1.08 bits per heavy atom. The molecule has 1 aliphatic heterocycles. The highest BCUT2D eigenvalue weighted by Gasteiger charge is 2.23. The fraction of sp³-hybridized carbons (Fsp3) is 0.304. The van der Waals surface area contributed by atoms with Crippen LogP contribution in [0.25, 0.3) is 12.2 Å². The topological polar surface area (TPSA) is 24.5 Å².